The largest absolute Gasteiger partial charge is 0.103 e. The van der Waals surface area contributed by atoms with Crippen LogP contribution in [-0.2, 0) is 0 Å². The molecule has 0 amide bonds. The molecule has 1 atom stereocenters. The molecule has 0 nitrogen and oxygen atoms in total. The molecule has 0 spiro atoms. The first-order chi connectivity index (χ1) is 8.81. The van der Waals surface area contributed by atoms with E-state index in [0.29, 0.717) is 0 Å². The molecular weight excluding hydrogens is 216 g/mol. The predicted octanol–water partition coefficient (Wildman–Crippen LogP) is 5.98. The van der Waals surface area contributed by atoms with E-state index in [1.54, 1.807) is 0 Å². The van der Waals surface area contributed by atoms with Gasteiger partial charge in [-0.25, -0.2) is 0 Å². The highest BCUT2D eigenvalue weighted by Crippen LogP contribution is 2.16. The summed E-state index contributed by atoms with van der Waals surface area (Å²) in [6, 6.07) is 0. The average molecular weight is 248 g/mol. The summed E-state index contributed by atoms with van der Waals surface area (Å²) < 4.78 is 0. The van der Waals surface area contributed by atoms with Crippen molar-refractivity contribution in [2.24, 2.45) is 5.92 Å². The molecule has 18 heavy (non-hydrogen) atoms. The van der Waals surface area contributed by atoms with E-state index in [0.717, 1.165) is 31.6 Å². The van der Waals surface area contributed by atoms with E-state index in [4.69, 9.17) is 0 Å². The molecule has 2 radical (unpaired) electrons. The summed E-state index contributed by atoms with van der Waals surface area (Å²) in [5, 5.41) is 0. The molecule has 0 rings (SSSR count). The van der Waals surface area contributed by atoms with Gasteiger partial charge in [0.25, 0.3) is 0 Å². The van der Waals surface area contributed by atoms with Gasteiger partial charge in [-0.15, -0.1) is 11.8 Å². The summed E-state index contributed by atoms with van der Waals surface area (Å²) in [5.41, 5.74) is 0. The Morgan fingerprint density at radius 3 is 1.94 bits per heavy atom. The van der Waals surface area contributed by atoms with Gasteiger partial charge in [0.1, 0.15) is 0 Å². The van der Waals surface area contributed by atoms with Crippen molar-refractivity contribution in [1.82, 2.24) is 0 Å². The van der Waals surface area contributed by atoms with Gasteiger partial charge in [-0.2, -0.15) is 0 Å². The van der Waals surface area contributed by atoms with Crippen LogP contribution in [0.1, 0.15) is 84.0 Å². The van der Waals surface area contributed by atoms with Gasteiger partial charge in [0.2, 0.25) is 0 Å². The molecule has 0 aromatic heterocycles. The van der Waals surface area contributed by atoms with Crippen molar-refractivity contribution in [1.29, 1.82) is 0 Å². The summed E-state index contributed by atoms with van der Waals surface area (Å²) in [5.74, 6) is 7.44. The molecule has 0 N–H and O–H groups in total. The quantitative estimate of drug-likeness (QED) is 0.312. The second-order valence-electron chi connectivity index (χ2n) is 5.36. The summed E-state index contributed by atoms with van der Waals surface area (Å²) in [4.78, 5) is 0. The van der Waals surface area contributed by atoms with Crippen molar-refractivity contribution in [2.75, 3.05) is 0 Å². The second-order valence-corrected chi connectivity index (χ2v) is 5.36. The molecule has 104 valence electrons. The smallest absolute Gasteiger partial charge is 0.00887 e. The second kappa shape index (κ2) is 14.6. The number of hydrogen-bond acceptors (Lipinski definition) is 0. The zero-order valence-electron chi connectivity index (χ0n) is 12.5. The fraction of sp³-hybridized carbons (Fsp3) is 0.778. The Balaban J connectivity index is 3.26. The molecule has 0 aliphatic carbocycles. The maximum Gasteiger partial charge on any atom is 0.00887 e. The third kappa shape index (κ3) is 13.6. The van der Waals surface area contributed by atoms with Crippen molar-refractivity contribution in [2.45, 2.75) is 84.0 Å². The maximum absolute atomic E-state index is 3.88. The van der Waals surface area contributed by atoms with Crippen LogP contribution in [0.5, 0.6) is 0 Å². The average Bonchev–Trinajstić information content (AvgIpc) is 2.38. The normalized spacial score (nSPS) is 11.9. The molecule has 0 aliphatic rings. The van der Waals surface area contributed by atoms with Crippen LogP contribution in [0.25, 0.3) is 0 Å². The zero-order chi connectivity index (χ0) is 13.5. The van der Waals surface area contributed by atoms with E-state index in [2.05, 4.69) is 32.6 Å². The predicted molar refractivity (Wildman–Crippen MR) is 83.1 cm³/mol. The Bertz CT molecular complexity index is 206. The van der Waals surface area contributed by atoms with E-state index < -0.39 is 0 Å². The topological polar surface area (TPSA) is 0 Å². The standard InChI is InChI=1S/C18H32/c1-4-6-8-10-11-12-13-15-17-18(3)16-14-9-7-5-2/h18H,1-2,4-10,13-17H2,3H3. The van der Waals surface area contributed by atoms with Gasteiger partial charge in [-0.1, -0.05) is 65.7 Å². The fourth-order valence-electron chi connectivity index (χ4n) is 2.10. The molecule has 0 aliphatic heterocycles. The van der Waals surface area contributed by atoms with Crippen molar-refractivity contribution in [3.8, 4) is 11.8 Å². The summed E-state index contributed by atoms with van der Waals surface area (Å²) in [7, 11) is 0. The highest BCUT2D eigenvalue weighted by atomic mass is 14.1. The molecule has 0 bridgehead atoms. The molecule has 0 heterocycles. The van der Waals surface area contributed by atoms with E-state index in [1.165, 1.54) is 51.4 Å². The lowest BCUT2D eigenvalue weighted by Gasteiger charge is -2.09. The minimum Gasteiger partial charge on any atom is -0.103 e. The maximum atomic E-state index is 3.88. The number of hydrogen-bond donors (Lipinski definition) is 0. The molecule has 0 aromatic rings. The van der Waals surface area contributed by atoms with Crippen molar-refractivity contribution in [3.63, 3.8) is 0 Å². The summed E-state index contributed by atoms with van der Waals surface area (Å²) in [6.07, 6.45) is 14.8. The lowest BCUT2D eigenvalue weighted by atomic mass is 9.97. The van der Waals surface area contributed by atoms with Crippen LogP contribution in [0.4, 0.5) is 0 Å². The lowest BCUT2D eigenvalue weighted by molar-refractivity contribution is 0.451. The lowest BCUT2D eigenvalue weighted by Crippen LogP contribution is -1.94. The highest BCUT2D eigenvalue weighted by Gasteiger charge is 2.00. The molecule has 0 fully saturated rings. The van der Waals surface area contributed by atoms with Crippen LogP contribution >= 0.6 is 0 Å². The van der Waals surface area contributed by atoms with Gasteiger partial charge >= 0.3 is 0 Å². The minimum atomic E-state index is 0.878. The summed E-state index contributed by atoms with van der Waals surface area (Å²) >= 11 is 0. The van der Waals surface area contributed by atoms with Crippen molar-refractivity contribution < 1.29 is 0 Å². The van der Waals surface area contributed by atoms with E-state index in [-0.39, 0.29) is 0 Å². The van der Waals surface area contributed by atoms with Crippen LogP contribution in [0.3, 0.4) is 0 Å². The number of unbranched alkanes of at least 4 members (excludes halogenated alkanes) is 7. The zero-order valence-corrected chi connectivity index (χ0v) is 12.5. The van der Waals surface area contributed by atoms with E-state index in [1.807, 2.05) is 0 Å². The first-order valence-electron chi connectivity index (χ1n) is 7.85. The highest BCUT2D eigenvalue weighted by molar-refractivity contribution is 4.98. The monoisotopic (exact) mass is 248 g/mol. The molecule has 0 aromatic carbocycles. The Kier molecular flexibility index (Phi) is 14.3. The van der Waals surface area contributed by atoms with Gasteiger partial charge in [-0.3, -0.25) is 0 Å². The Morgan fingerprint density at radius 2 is 1.28 bits per heavy atom. The van der Waals surface area contributed by atoms with Gasteiger partial charge in [0.05, 0.1) is 0 Å². The molecule has 0 heteroatoms. The van der Waals surface area contributed by atoms with E-state index >= 15 is 0 Å². The Morgan fingerprint density at radius 1 is 0.722 bits per heavy atom. The van der Waals surface area contributed by atoms with Crippen molar-refractivity contribution in [3.05, 3.63) is 13.8 Å². The Hall–Kier alpha value is -0.440. The van der Waals surface area contributed by atoms with Gasteiger partial charge in [-0.05, 0) is 25.2 Å². The third-order valence-electron chi connectivity index (χ3n) is 3.37. The molecular formula is C18H32. The molecule has 0 saturated heterocycles. The van der Waals surface area contributed by atoms with Crippen molar-refractivity contribution >= 4 is 0 Å². The van der Waals surface area contributed by atoms with Gasteiger partial charge < -0.3 is 0 Å². The van der Waals surface area contributed by atoms with Crippen LogP contribution in [-0.4, -0.2) is 0 Å². The SMILES string of the molecule is [CH2]CCCCC#CCCCC(C)CCCCC[CH2]. The van der Waals surface area contributed by atoms with Crippen LogP contribution in [0, 0.1) is 31.6 Å². The summed E-state index contributed by atoms with van der Waals surface area (Å²) in [6.45, 7) is 10.1. The van der Waals surface area contributed by atoms with Gasteiger partial charge in [0.15, 0.2) is 0 Å². The minimum absolute atomic E-state index is 0.878. The fourth-order valence-corrected chi connectivity index (χ4v) is 2.10. The van der Waals surface area contributed by atoms with E-state index in [9.17, 15) is 0 Å². The number of rotatable bonds is 11. The van der Waals surface area contributed by atoms with Crippen LogP contribution < -0.4 is 0 Å². The van der Waals surface area contributed by atoms with Gasteiger partial charge in [0, 0.05) is 12.8 Å². The first-order valence-corrected chi connectivity index (χ1v) is 7.85. The molecule has 0 saturated carbocycles. The Labute approximate surface area is 116 Å². The molecule has 1 unspecified atom stereocenters. The first kappa shape index (κ1) is 17.6. The van der Waals surface area contributed by atoms with Crippen LogP contribution in [0.15, 0.2) is 0 Å². The van der Waals surface area contributed by atoms with Crippen LogP contribution in [0.2, 0.25) is 0 Å². The third-order valence-corrected chi connectivity index (χ3v) is 3.37.